The number of hydrogen-bond acceptors (Lipinski definition) is 5. The molecule has 3 heterocycles. The molecule has 0 atom stereocenters. The van der Waals surface area contributed by atoms with Crippen molar-refractivity contribution in [2.75, 3.05) is 6.54 Å². The third-order valence-corrected chi connectivity index (χ3v) is 4.23. The van der Waals surface area contributed by atoms with Crippen molar-refractivity contribution in [3.8, 4) is 11.5 Å². The van der Waals surface area contributed by atoms with Gasteiger partial charge in [0, 0.05) is 18.5 Å². The van der Waals surface area contributed by atoms with E-state index >= 15 is 0 Å². The Morgan fingerprint density at radius 3 is 2.69 bits per heavy atom. The predicted molar refractivity (Wildman–Crippen MR) is 97.4 cm³/mol. The summed E-state index contributed by atoms with van der Waals surface area (Å²) < 4.78 is 7.47. The molecule has 1 aromatic carbocycles. The number of benzene rings is 1. The fourth-order valence-electron chi connectivity index (χ4n) is 3.02. The Bertz CT molecular complexity index is 973. The molecule has 0 N–H and O–H groups in total. The summed E-state index contributed by atoms with van der Waals surface area (Å²) >= 11 is 0. The van der Waals surface area contributed by atoms with Crippen LogP contribution < -0.4 is 0 Å². The number of carbonyl (C=O) groups is 1. The molecule has 1 aliphatic heterocycles. The van der Waals surface area contributed by atoms with Gasteiger partial charge in [0.2, 0.25) is 0 Å². The highest BCUT2D eigenvalue weighted by atomic mass is 16.6. The molecule has 134 valence electrons. The zero-order valence-corrected chi connectivity index (χ0v) is 15.1. The van der Waals surface area contributed by atoms with Crippen molar-refractivity contribution in [2.45, 2.75) is 39.5 Å². The summed E-state index contributed by atoms with van der Waals surface area (Å²) in [6, 6.07) is 12.0. The van der Waals surface area contributed by atoms with Gasteiger partial charge in [-0.1, -0.05) is 24.3 Å². The van der Waals surface area contributed by atoms with Crippen LogP contribution in [0.2, 0.25) is 0 Å². The van der Waals surface area contributed by atoms with Crippen LogP contribution >= 0.6 is 0 Å². The van der Waals surface area contributed by atoms with Crippen LogP contribution in [0.15, 0.2) is 36.4 Å². The second-order valence-electron chi connectivity index (χ2n) is 7.38. The molecule has 0 fully saturated rings. The lowest BCUT2D eigenvalue weighted by Gasteiger charge is -2.30. The van der Waals surface area contributed by atoms with Crippen molar-refractivity contribution < 1.29 is 9.53 Å². The minimum Gasteiger partial charge on any atom is -0.444 e. The highest BCUT2D eigenvalue weighted by molar-refractivity contribution is 5.80. The zero-order valence-electron chi connectivity index (χ0n) is 15.1. The summed E-state index contributed by atoms with van der Waals surface area (Å²) in [4.78, 5) is 18.6. The monoisotopic (exact) mass is 351 g/mol. The molecule has 3 aromatic rings. The van der Waals surface area contributed by atoms with Gasteiger partial charge in [0.25, 0.3) is 0 Å². The van der Waals surface area contributed by atoms with E-state index in [9.17, 15) is 4.79 Å². The van der Waals surface area contributed by atoms with Gasteiger partial charge in [-0.15, -0.1) is 10.2 Å². The van der Waals surface area contributed by atoms with Gasteiger partial charge >= 0.3 is 6.09 Å². The second-order valence-corrected chi connectivity index (χ2v) is 7.38. The van der Waals surface area contributed by atoms with E-state index in [2.05, 4.69) is 10.2 Å². The van der Waals surface area contributed by atoms with Crippen LogP contribution in [0.25, 0.3) is 22.4 Å². The van der Waals surface area contributed by atoms with E-state index in [1.165, 1.54) is 0 Å². The summed E-state index contributed by atoms with van der Waals surface area (Å²) in [5.41, 5.74) is 1.20. The Balaban J connectivity index is 1.60. The van der Waals surface area contributed by atoms with Crippen molar-refractivity contribution in [1.82, 2.24) is 24.6 Å². The first-order chi connectivity index (χ1) is 12.4. The van der Waals surface area contributed by atoms with E-state index in [0.29, 0.717) is 19.6 Å². The maximum Gasteiger partial charge on any atom is 0.410 e. The molecule has 0 aliphatic carbocycles. The molecule has 0 unspecified atom stereocenters. The number of hydrogen-bond donors (Lipinski definition) is 0. The molecule has 1 amide bonds. The fraction of sp³-hybridized carbons (Fsp3) is 0.368. The number of aromatic nitrogens is 4. The van der Waals surface area contributed by atoms with Crippen molar-refractivity contribution in [3.63, 3.8) is 0 Å². The van der Waals surface area contributed by atoms with Gasteiger partial charge in [-0.2, -0.15) is 0 Å². The number of nitrogens with zero attached hydrogens (tertiary/aromatic N) is 5. The number of para-hydroxylation sites is 1. The molecule has 4 rings (SSSR count). The first kappa shape index (κ1) is 16.5. The van der Waals surface area contributed by atoms with Crippen LogP contribution in [0, 0.1) is 0 Å². The van der Waals surface area contributed by atoms with Gasteiger partial charge in [0.05, 0.1) is 12.1 Å². The first-order valence-electron chi connectivity index (χ1n) is 8.67. The Morgan fingerprint density at radius 2 is 1.88 bits per heavy atom. The molecule has 1 aliphatic rings. The van der Waals surface area contributed by atoms with Crippen LogP contribution in [-0.4, -0.2) is 42.9 Å². The van der Waals surface area contributed by atoms with Crippen LogP contribution in [0.5, 0.6) is 0 Å². The van der Waals surface area contributed by atoms with Crippen molar-refractivity contribution in [2.24, 2.45) is 0 Å². The average Bonchev–Trinajstić information content (AvgIpc) is 3.03. The van der Waals surface area contributed by atoms with E-state index in [4.69, 9.17) is 9.72 Å². The highest BCUT2D eigenvalue weighted by Crippen LogP contribution is 2.23. The lowest BCUT2D eigenvalue weighted by atomic mass is 10.2. The average molecular weight is 351 g/mol. The highest BCUT2D eigenvalue weighted by Gasteiger charge is 2.28. The fourth-order valence-corrected chi connectivity index (χ4v) is 3.02. The van der Waals surface area contributed by atoms with Gasteiger partial charge in [-0.3, -0.25) is 4.90 Å². The molecule has 2 aromatic heterocycles. The topological polar surface area (TPSA) is 73.1 Å². The number of pyridine rings is 1. The molecule has 0 saturated heterocycles. The SMILES string of the molecule is CC(C)(C)OC(=O)N1CCn2c(nnc2-c2ccc3ccccc3n2)C1. The van der Waals surface area contributed by atoms with Gasteiger partial charge in [0.1, 0.15) is 11.3 Å². The van der Waals surface area contributed by atoms with Crippen LogP contribution in [-0.2, 0) is 17.8 Å². The summed E-state index contributed by atoms with van der Waals surface area (Å²) in [6.45, 7) is 7.14. The van der Waals surface area contributed by atoms with Gasteiger partial charge in [-0.05, 0) is 32.9 Å². The van der Waals surface area contributed by atoms with E-state index in [1.54, 1.807) is 4.90 Å². The van der Waals surface area contributed by atoms with Crippen molar-refractivity contribution >= 4 is 17.0 Å². The van der Waals surface area contributed by atoms with Crippen LogP contribution in [0.4, 0.5) is 4.79 Å². The molecule has 26 heavy (non-hydrogen) atoms. The lowest BCUT2D eigenvalue weighted by Crippen LogP contribution is -2.41. The molecule has 0 saturated carbocycles. The molecule has 7 heteroatoms. The molecule has 7 nitrogen and oxygen atoms in total. The summed E-state index contributed by atoms with van der Waals surface area (Å²) in [6.07, 6.45) is -0.322. The maximum absolute atomic E-state index is 12.3. The Labute approximate surface area is 151 Å². The van der Waals surface area contributed by atoms with Crippen molar-refractivity contribution in [1.29, 1.82) is 0 Å². The van der Waals surface area contributed by atoms with E-state index < -0.39 is 5.60 Å². The van der Waals surface area contributed by atoms with Crippen LogP contribution in [0.1, 0.15) is 26.6 Å². The maximum atomic E-state index is 12.3. The van der Waals surface area contributed by atoms with Crippen molar-refractivity contribution in [3.05, 3.63) is 42.2 Å². The number of ether oxygens (including phenoxy) is 1. The van der Waals surface area contributed by atoms with E-state index in [-0.39, 0.29) is 6.09 Å². The van der Waals surface area contributed by atoms with E-state index in [0.717, 1.165) is 28.2 Å². The zero-order chi connectivity index (χ0) is 18.3. The Hall–Kier alpha value is -2.96. The number of rotatable bonds is 1. The first-order valence-corrected chi connectivity index (χ1v) is 8.67. The Morgan fingerprint density at radius 1 is 1.08 bits per heavy atom. The number of carbonyl (C=O) groups excluding carboxylic acids is 1. The Kier molecular flexibility index (Phi) is 3.86. The third kappa shape index (κ3) is 3.12. The predicted octanol–water partition coefficient (Wildman–Crippen LogP) is 3.24. The minimum absolute atomic E-state index is 0.322. The third-order valence-electron chi connectivity index (χ3n) is 4.23. The summed E-state index contributed by atoms with van der Waals surface area (Å²) in [5.74, 6) is 1.47. The smallest absolute Gasteiger partial charge is 0.410 e. The van der Waals surface area contributed by atoms with Gasteiger partial charge in [-0.25, -0.2) is 9.78 Å². The standard InChI is InChI=1S/C19H21N5O2/c1-19(2,3)26-18(25)23-10-11-24-16(12-23)21-22-17(24)15-9-8-13-6-4-5-7-14(13)20-15/h4-9H,10-12H2,1-3H3. The summed E-state index contributed by atoms with van der Waals surface area (Å²) in [7, 11) is 0. The van der Waals surface area contributed by atoms with E-state index in [1.807, 2.05) is 61.7 Å². The second kappa shape index (κ2) is 6.09. The molecule has 0 radical (unpaired) electrons. The number of amides is 1. The van der Waals surface area contributed by atoms with Crippen LogP contribution in [0.3, 0.4) is 0 Å². The largest absolute Gasteiger partial charge is 0.444 e. The molecular formula is C19H21N5O2. The number of fused-ring (bicyclic) bond motifs is 2. The molecular weight excluding hydrogens is 330 g/mol. The lowest BCUT2D eigenvalue weighted by molar-refractivity contribution is 0.0196. The van der Waals surface area contributed by atoms with Gasteiger partial charge in [0.15, 0.2) is 11.6 Å². The molecule has 0 spiro atoms. The normalized spacial score (nSPS) is 14.3. The minimum atomic E-state index is -0.512. The van der Waals surface area contributed by atoms with Gasteiger partial charge < -0.3 is 9.30 Å². The quantitative estimate of drug-likeness (QED) is 0.673. The molecule has 0 bridgehead atoms. The summed E-state index contributed by atoms with van der Waals surface area (Å²) in [5, 5.41) is 9.67.